The summed E-state index contributed by atoms with van der Waals surface area (Å²) in [5, 5.41) is 1.82. The Bertz CT molecular complexity index is 1280. The van der Waals surface area contributed by atoms with Gasteiger partial charge in [0.25, 0.3) is 5.88 Å². The van der Waals surface area contributed by atoms with E-state index in [1.54, 1.807) is 13.1 Å². The molecule has 0 saturated carbocycles. The van der Waals surface area contributed by atoms with E-state index in [-0.39, 0.29) is 17.2 Å². The highest BCUT2D eigenvalue weighted by Crippen LogP contribution is 2.36. The van der Waals surface area contributed by atoms with E-state index in [0.717, 1.165) is 0 Å². The first-order chi connectivity index (χ1) is 15.2. The van der Waals surface area contributed by atoms with Gasteiger partial charge >= 0.3 is 5.91 Å². The Morgan fingerprint density at radius 2 is 2.06 bits per heavy atom. The van der Waals surface area contributed by atoms with Gasteiger partial charge in [-0.25, -0.2) is 9.97 Å². The van der Waals surface area contributed by atoms with E-state index in [4.69, 9.17) is 13.9 Å². The van der Waals surface area contributed by atoms with Crippen LogP contribution in [-0.2, 0) is 9.53 Å². The summed E-state index contributed by atoms with van der Waals surface area (Å²) in [4.78, 5) is 37.5. The molecule has 10 heteroatoms. The zero-order chi connectivity index (χ0) is 21.4. The van der Waals surface area contributed by atoms with Crippen LogP contribution >= 0.6 is 11.3 Å². The van der Waals surface area contributed by atoms with Gasteiger partial charge in [-0.05, 0) is 12.8 Å². The first kappa shape index (κ1) is 19.5. The van der Waals surface area contributed by atoms with Crippen LogP contribution in [0.1, 0.15) is 6.92 Å². The fraction of sp³-hybridized carbons (Fsp3) is 0.333. The van der Waals surface area contributed by atoms with Crippen LogP contribution in [0.25, 0.3) is 21.5 Å². The number of anilines is 2. The molecule has 3 aromatic heterocycles. The molecule has 0 radical (unpaired) electrons. The van der Waals surface area contributed by atoms with Gasteiger partial charge in [0.15, 0.2) is 17.3 Å². The molecule has 158 valence electrons. The molecule has 5 rings (SSSR count). The number of hydrogen-bond acceptors (Lipinski definition) is 9. The number of carbonyl (C=O) groups is 1. The highest BCUT2D eigenvalue weighted by Gasteiger charge is 2.27. The molecule has 31 heavy (non-hydrogen) atoms. The van der Waals surface area contributed by atoms with Gasteiger partial charge in [0.2, 0.25) is 5.43 Å². The number of nitrogens with zero attached hydrogens (tertiary/aromatic N) is 4. The van der Waals surface area contributed by atoms with Gasteiger partial charge in [-0.1, -0.05) is 5.92 Å². The Kier molecular flexibility index (Phi) is 5.05. The first-order valence-corrected chi connectivity index (χ1v) is 10.7. The number of fused-ring (bicyclic) bond motifs is 2. The summed E-state index contributed by atoms with van der Waals surface area (Å²) in [5.74, 6) is 5.87. The molecule has 1 saturated heterocycles. The van der Waals surface area contributed by atoms with Gasteiger partial charge in [-0.2, -0.15) is 0 Å². The molecule has 5 heterocycles. The van der Waals surface area contributed by atoms with Crippen molar-refractivity contribution in [2.24, 2.45) is 0 Å². The van der Waals surface area contributed by atoms with Crippen LogP contribution in [0.2, 0.25) is 0 Å². The molecule has 2 aliphatic rings. The quantitative estimate of drug-likeness (QED) is 0.560. The van der Waals surface area contributed by atoms with Gasteiger partial charge < -0.3 is 18.8 Å². The predicted octanol–water partition coefficient (Wildman–Crippen LogP) is 1.90. The fourth-order valence-electron chi connectivity index (χ4n) is 3.53. The van der Waals surface area contributed by atoms with Crippen molar-refractivity contribution < 1.29 is 18.7 Å². The van der Waals surface area contributed by atoms with Crippen molar-refractivity contribution in [3.05, 3.63) is 27.9 Å². The molecule has 0 atom stereocenters. The third-order valence-electron chi connectivity index (χ3n) is 5.04. The van der Waals surface area contributed by atoms with Crippen LogP contribution in [0, 0.1) is 11.8 Å². The minimum absolute atomic E-state index is 0.108. The Morgan fingerprint density at radius 3 is 2.87 bits per heavy atom. The number of rotatable bonds is 2. The lowest BCUT2D eigenvalue weighted by molar-refractivity contribution is -0.113. The van der Waals surface area contributed by atoms with E-state index in [2.05, 4.69) is 21.8 Å². The Hall–Kier alpha value is -3.42. The van der Waals surface area contributed by atoms with Crippen LogP contribution in [0.4, 0.5) is 11.7 Å². The smallest absolute Gasteiger partial charge is 0.304 e. The molecule has 0 aromatic carbocycles. The maximum absolute atomic E-state index is 12.7. The lowest BCUT2D eigenvalue weighted by atomic mass is 10.2. The van der Waals surface area contributed by atoms with Crippen LogP contribution in [0.15, 0.2) is 26.9 Å². The summed E-state index contributed by atoms with van der Waals surface area (Å²) in [5.41, 5.74) is 1.47. The molecular weight excluding hydrogens is 420 g/mol. The molecule has 0 aliphatic carbocycles. The Balaban J connectivity index is 1.60. The third-order valence-corrected chi connectivity index (χ3v) is 6.01. The van der Waals surface area contributed by atoms with Gasteiger partial charge in [-0.15, -0.1) is 11.3 Å². The second-order valence-electron chi connectivity index (χ2n) is 6.92. The average Bonchev–Trinajstić information content (AvgIpc) is 3.24. The molecular formula is C21H18N4O5S. The Morgan fingerprint density at radius 1 is 1.23 bits per heavy atom. The van der Waals surface area contributed by atoms with E-state index in [1.807, 2.05) is 10.3 Å². The van der Waals surface area contributed by atoms with Gasteiger partial charge in [-0.3, -0.25) is 14.5 Å². The highest BCUT2D eigenvalue weighted by molar-refractivity contribution is 7.17. The SMILES string of the molecule is CC#CC(=O)N1CCOc2ncc(-c3csc4c(=O)cc(N5CCOCC5)oc34)nc21. The van der Waals surface area contributed by atoms with Crippen LogP contribution in [0.3, 0.4) is 0 Å². The van der Waals surface area contributed by atoms with Gasteiger partial charge in [0, 0.05) is 24.5 Å². The van der Waals surface area contributed by atoms with Crippen LogP contribution in [-0.4, -0.2) is 55.3 Å². The second-order valence-corrected chi connectivity index (χ2v) is 7.80. The van der Waals surface area contributed by atoms with E-state index in [9.17, 15) is 9.59 Å². The Labute approximate surface area is 181 Å². The molecule has 0 unspecified atom stereocenters. The molecule has 0 bridgehead atoms. The normalized spacial score (nSPS) is 15.8. The summed E-state index contributed by atoms with van der Waals surface area (Å²) in [6.07, 6.45) is 1.56. The largest absolute Gasteiger partial charge is 0.473 e. The van der Waals surface area contributed by atoms with Crippen molar-refractivity contribution in [1.82, 2.24) is 9.97 Å². The molecule has 1 fully saturated rings. The van der Waals surface area contributed by atoms with Crippen LogP contribution < -0.4 is 20.0 Å². The van der Waals surface area contributed by atoms with Gasteiger partial charge in [0.1, 0.15) is 11.3 Å². The summed E-state index contributed by atoms with van der Waals surface area (Å²) < 4.78 is 17.6. The van der Waals surface area contributed by atoms with Crippen molar-refractivity contribution in [3.8, 4) is 29.0 Å². The number of ether oxygens (including phenoxy) is 2. The first-order valence-electron chi connectivity index (χ1n) is 9.78. The minimum Gasteiger partial charge on any atom is -0.473 e. The zero-order valence-electron chi connectivity index (χ0n) is 16.7. The second kappa shape index (κ2) is 8.02. The standard InChI is InChI=1S/C21H18N4O5S/c1-2-3-16(27)25-6-9-29-21-20(25)23-14(11-22-21)13-12-31-19-15(26)10-17(30-18(13)19)24-4-7-28-8-5-24/h10-12H,4-9H2,1H3. The topological polar surface area (TPSA) is 98.0 Å². The summed E-state index contributed by atoms with van der Waals surface area (Å²) >= 11 is 1.29. The molecule has 0 spiro atoms. The number of amides is 1. The van der Waals surface area contributed by atoms with E-state index in [1.165, 1.54) is 22.3 Å². The summed E-state index contributed by atoms with van der Waals surface area (Å²) in [6, 6.07) is 1.52. The summed E-state index contributed by atoms with van der Waals surface area (Å²) in [6.45, 7) is 4.72. The fourth-order valence-corrected chi connectivity index (χ4v) is 4.43. The average molecular weight is 438 g/mol. The number of morpholine rings is 1. The number of hydrogen-bond donors (Lipinski definition) is 0. The molecule has 2 aliphatic heterocycles. The van der Waals surface area contributed by atoms with E-state index < -0.39 is 0 Å². The van der Waals surface area contributed by atoms with Crippen molar-refractivity contribution in [2.75, 3.05) is 49.3 Å². The van der Waals surface area contributed by atoms with Crippen molar-refractivity contribution in [3.63, 3.8) is 0 Å². The maximum atomic E-state index is 12.7. The van der Waals surface area contributed by atoms with Crippen molar-refractivity contribution >= 4 is 39.2 Å². The number of aromatic nitrogens is 2. The summed E-state index contributed by atoms with van der Waals surface area (Å²) in [7, 11) is 0. The minimum atomic E-state index is -0.366. The molecule has 1 amide bonds. The van der Waals surface area contributed by atoms with Crippen molar-refractivity contribution in [1.29, 1.82) is 0 Å². The predicted molar refractivity (Wildman–Crippen MR) is 116 cm³/mol. The lowest BCUT2D eigenvalue weighted by Crippen LogP contribution is -2.38. The highest BCUT2D eigenvalue weighted by atomic mass is 32.1. The maximum Gasteiger partial charge on any atom is 0.304 e. The molecule has 3 aromatic rings. The van der Waals surface area contributed by atoms with E-state index >= 15 is 0 Å². The molecule has 9 nitrogen and oxygen atoms in total. The monoisotopic (exact) mass is 438 g/mol. The van der Waals surface area contributed by atoms with Crippen LogP contribution in [0.5, 0.6) is 5.88 Å². The number of thiophene rings is 1. The molecule has 0 N–H and O–H groups in total. The zero-order valence-corrected chi connectivity index (χ0v) is 17.5. The third kappa shape index (κ3) is 3.52. The number of carbonyl (C=O) groups excluding carboxylic acids is 1. The van der Waals surface area contributed by atoms with Crippen molar-refractivity contribution in [2.45, 2.75) is 6.92 Å². The van der Waals surface area contributed by atoms with E-state index in [0.29, 0.717) is 72.7 Å². The lowest BCUT2D eigenvalue weighted by Gasteiger charge is -2.27. The van der Waals surface area contributed by atoms with Gasteiger partial charge in [0.05, 0.1) is 37.2 Å².